The minimum Gasteiger partial charge on any atom is -0.368 e. The molecule has 2 aliphatic rings. The Morgan fingerprint density at radius 3 is 2.38 bits per heavy atom. The fourth-order valence-corrected chi connectivity index (χ4v) is 6.95. The Bertz CT molecular complexity index is 978. The van der Waals surface area contributed by atoms with E-state index >= 15 is 0 Å². The van der Waals surface area contributed by atoms with Crippen LogP contribution in [0.4, 0.5) is 5.69 Å². The molecule has 3 heterocycles. The predicted octanol–water partition coefficient (Wildman–Crippen LogP) is 3.54. The van der Waals surface area contributed by atoms with Crippen LogP contribution in [0.5, 0.6) is 0 Å². The van der Waals surface area contributed by atoms with E-state index in [0.29, 0.717) is 49.2 Å². The second-order valence-electron chi connectivity index (χ2n) is 7.34. The van der Waals surface area contributed by atoms with Crippen molar-refractivity contribution in [3.05, 3.63) is 45.6 Å². The lowest BCUT2D eigenvalue weighted by Gasteiger charge is -2.36. The molecule has 0 aliphatic carbocycles. The van der Waals surface area contributed by atoms with Gasteiger partial charge in [-0.05, 0) is 42.5 Å². The number of benzene rings is 1. The van der Waals surface area contributed by atoms with E-state index in [-0.39, 0.29) is 10.8 Å². The van der Waals surface area contributed by atoms with E-state index < -0.39 is 10.0 Å². The van der Waals surface area contributed by atoms with Gasteiger partial charge in [-0.3, -0.25) is 4.79 Å². The largest absolute Gasteiger partial charge is 0.368 e. The lowest BCUT2D eigenvalue weighted by Crippen LogP contribution is -2.49. The summed E-state index contributed by atoms with van der Waals surface area (Å²) in [6.45, 7) is 3.53. The maximum absolute atomic E-state index is 13.1. The highest BCUT2D eigenvalue weighted by Gasteiger charge is 2.33. The van der Waals surface area contributed by atoms with Gasteiger partial charge in [0.2, 0.25) is 10.0 Å². The second-order valence-corrected chi connectivity index (χ2v) is 10.6. The van der Waals surface area contributed by atoms with E-state index in [2.05, 4.69) is 4.90 Å². The van der Waals surface area contributed by atoms with Crippen LogP contribution in [-0.2, 0) is 10.0 Å². The minimum absolute atomic E-state index is 0.159. The molecule has 0 saturated carbocycles. The molecular weight excluding hydrogens is 430 g/mol. The molecule has 1 aromatic heterocycles. The monoisotopic (exact) mass is 453 g/mol. The SMILES string of the molecule is O=C(c1sccc1S(=O)(=O)N1CCCCC1)N1CCN(c2cccc(Cl)c2)CC1. The number of anilines is 1. The number of amides is 1. The van der Waals surface area contributed by atoms with Gasteiger partial charge < -0.3 is 9.80 Å². The molecule has 2 fully saturated rings. The molecule has 1 aromatic carbocycles. The van der Waals surface area contributed by atoms with Crippen molar-refractivity contribution in [3.8, 4) is 0 Å². The third-order valence-electron chi connectivity index (χ3n) is 5.50. The van der Waals surface area contributed by atoms with E-state index in [1.807, 2.05) is 24.3 Å². The summed E-state index contributed by atoms with van der Waals surface area (Å²) in [4.78, 5) is 17.5. The van der Waals surface area contributed by atoms with Crippen LogP contribution in [0.1, 0.15) is 28.9 Å². The van der Waals surface area contributed by atoms with Crippen LogP contribution in [0, 0.1) is 0 Å². The summed E-state index contributed by atoms with van der Waals surface area (Å²) in [5, 5.41) is 2.39. The van der Waals surface area contributed by atoms with Crippen LogP contribution >= 0.6 is 22.9 Å². The van der Waals surface area contributed by atoms with Crippen molar-refractivity contribution in [2.75, 3.05) is 44.2 Å². The number of hydrogen-bond donors (Lipinski definition) is 0. The van der Waals surface area contributed by atoms with Gasteiger partial charge in [0.15, 0.2) is 0 Å². The molecule has 156 valence electrons. The molecule has 0 bridgehead atoms. The molecule has 9 heteroatoms. The van der Waals surface area contributed by atoms with E-state index in [0.717, 1.165) is 24.9 Å². The lowest BCUT2D eigenvalue weighted by molar-refractivity contribution is 0.0748. The Kier molecular flexibility index (Phi) is 6.15. The molecule has 0 spiro atoms. The van der Waals surface area contributed by atoms with E-state index in [9.17, 15) is 13.2 Å². The van der Waals surface area contributed by atoms with Gasteiger partial charge in [0.05, 0.1) is 0 Å². The number of hydrogen-bond acceptors (Lipinski definition) is 5. The number of nitrogens with zero attached hydrogens (tertiary/aromatic N) is 3. The first kappa shape index (κ1) is 20.7. The topological polar surface area (TPSA) is 60.9 Å². The summed E-state index contributed by atoms with van der Waals surface area (Å²) in [6, 6.07) is 9.25. The summed E-state index contributed by atoms with van der Waals surface area (Å²) in [5.41, 5.74) is 1.04. The van der Waals surface area contributed by atoms with Gasteiger partial charge in [-0.25, -0.2) is 8.42 Å². The highest BCUT2D eigenvalue weighted by Crippen LogP contribution is 2.29. The summed E-state index contributed by atoms with van der Waals surface area (Å²) in [5.74, 6) is -0.193. The number of sulfonamides is 1. The molecule has 0 atom stereocenters. The highest BCUT2D eigenvalue weighted by molar-refractivity contribution is 7.89. The molecule has 2 aromatic rings. The first-order valence-corrected chi connectivity index (χ1v) is 12.5. The molecular formula is C20H24ClN3O3S2. The summed E-state index contributed by atoms with van der Waals surface area (Å²) >= 11 is 7.30. The van der Waals surface area contributed by atoms with Crippen LogP contribution in [0.25, 0.3) is 0 Å². The van der Waals surface area contributed by atoms with Crippen molar-refractivity contribution in [1.29, 1.82) is 0 Å². The zero-order valence-electron chi connectivity index (χ0n) is 16.1. The first-order valence-electron chi connectivity index (χ1n) is 9.84. The maximum atomic E-state index is 13.1. The Hall–Kier alpha value is -1.61. The smallest absolute Gasteiger partial charge is 0.265 e. The number of rotatable bonds is 4. The molecule has 6 nitrogen and oxygen atoms in total. The molecule has 0 radical (unpaired) electrons. The van der Waals surface area contributed by atoms with Crippen molar-refractivity contribution in [2.45, 2.75) is 24.2 Å². The fourth-order valence-electron chi connectivity index (χ4n) is 3.89. The maximum Gasteiger partial charge on any atom is 0.265 e. The van der Waals surface area contributed by atoms with Crippen LogP contribution < -0.4 is 4.90 Å². The van der Waals surface area contributed by atoms with Crippen molar-refractivity contribution in [3.63, 3.8) is 0 Å². The predicted molar refractivity (Wildman–Crippen MR) is 116 cm³/mol. The summed E-state index contributed by atoms with van der Waals surface area (Å²) in [6.07, 6.45) is 2.80. The van der Waals surface area contributed by atoms with Crippen LogP contribution in [0.15, 0.2) is 40.6 Å². The van der Waals surface area contributed by atoms with Gasteiger partial charge in [-0.1, -0.05) is 24.1 Å². The van der Waals surface area contributed by atoms with Gasteiger partial charge in [-0.15, -0.1) is 11.3 Å². The molecule has 29 heavy (non-hydrogen) atoms. The van der Waals surface area contributed by atoms with E-state index in [1.165, 1.54) is 15.6 Å². The minimum atomic E-state index is -3.62. The number of thiophene rings is 1. The normalized spacial score (nSPS) is 18.8. The van der Waals surface area contributed by atoms with Crippen LogP contribution in [0.2, 0.25) is 5.02 Å². The Balaban J connectivity index is 1.47. The number of carbonyl (C=O) groups excluding carboxylic acids is 1. The van der Waals surface area contributed by atoms with Gasteiger partial charge in [-0.2, -0.15) is 4.31 Å². The zero-order chi connectivity index (χ0) is 20.4. The fraction of sp³-hybridized carbons (Fsp3) is 0.450. The molecule has 2 saturated heterocycles. The van der Waals surface area contributed by atoms with Crippen molar-refractivity contribution >= 4 is 44.6 Å². The average molecular weight is 454 g/mol. The molecule has 0 unspecified atom stereocenters. The average Bonchev–Trinajstić information content (AvgIpc) is 3.25. The molecule has 2 aliphatic heterocycles. The lowest BCUT2D eigenvalue weighted by atomic mass is 10.2. The van der Waals surface area contributed by atoms with Crippen LogP contribution in [0.3, 0.4) is 0 Å². The summed E-state index contributed by atoms with van der Waals surface area (Å²) in [7, 11) is -3.62. The van der Waals surface area contributed by atoms with Gasteiger partial charge in [0, 0.05) is 50.0 Å². The van der Waals surface area contributed by atoms with Crippen molar-refractivity contribution in [1.82, 2.24) is 9.21 Å². The third-order valence-corrected chi connectivity index (χ3v) is 8.70. The third kappa shape index (κ3) is 4.30. The highest BCUT2D eigenvalue weighted by atomic mass is 35.5. The number of piperazine rings is 1. The Labute approximate surface area is 180 Å². The van der Waals surface area contributed by atoms with Crippen molar-refractivity contribution in [2.24, 2.45) is 0 Å². The molecule has 4 rings (SSSR count). The van der Waals surface area contributed by atoms with Gasteiger partial charge in [0.1, 0.15) is 9.77 Å². The van der Waals surface area contributed by atoms with Crippen molar-refractivity contribution < 1.29 is 13.2 Å². The van der Waals surface area contributed by atoms with Gasteiger partial charge >= 0.3 is 0 Å². The van der Waals surface area contributed by atoms with E-state index in [1.54, 1.807) is 16.3 Å². The number of piperidine rings is 1. The zero-order valence-corrected chi connectivity index (χ0v) is 18.5. The summed E-state index contributed by atoms with van der Waals surface area (Å²) < 4.78 is 27.7. The second kappa shape index (κ2) is 8.63. The van der Waals surface area contributed by atoms with Crippen LogP contribution in [-0.4, -0.2) is 62.8 Å². The number of carbonyl (C=O) groups is 1. The Morgan fingerprint density at radius 1 is 0.966 bits per heavy atom. The molecule has 0 N–H and O–H groups in total. The standard InChI is InChI=1S/C20H24ClN3O3S2/c21-16-5-4-6-17(15-16)22-10-12-23(13-11-22)20(25)19-18(7-14-28-19)29(26,27)24-8-2-1-3-9-24/h4-7,14-15H,1-3,8-13H2. The Morgan fingerprint density at radius 2 is 1.69 bits per heavy atom. The van der Waals surface area contributed by atoms with Gasteiger partial charge in [0.25, 0.3) is 5.91 Å². The quantitative estimate of drug-likeness (QED) is 0.710. The molecule has 1 amide bonds. The van der Waals surface area contributed by atoms with E-state index in [4.69, 9.17) is 11.6 Å². The number of halogens is 1. The first-order chi connectivity index (χ1) is 14.0.